The number of hydrogen-bond donors (Lipinski definition) is 0. The second-order valence-electron chi connectivity index (χ2n) is 5.95. The van der Waals surface area contributed by atoms with Crippen LogP contribution in [-0.2, 0) is 0 Å². The molecule has 0 bridgehead atoms. The molecule has 0 aliphatic heterocycles. The smallest absolute Gasteiger partial charge is 0.0372 e. The van der Waals surface area contributed by atoms with Crippen molar-refractivity contribution in [2.75, 3.05) is 0 Å². The van der Waals surface area contributed by atoms with E-state index in [0.717, 1.165) is 17.5 Å². The highest BCUT2D eigenvalue weighted by Crippen LogP contribution is 2.37. The molecule has 0 radical (unpaired) electrons. The Hall–Kier alpha value is -0.850. The molecule has 2 rings (SSSR count). The zero-order chi connectivity index (χ0) is 12.8. The molecular formula is C17H27N. The minimum Gasteiger partial charge on any atom is -0.261 e. The molecule has 0 amide bonds. The standard InChI is InChI=1S/C17H27N/c1-3-4-5-6-15-8-11-16(12-9-15)17-10-7-14(2)18-13-17/h7,10,13,15-16H,3-6,8-9,11-12H2,1-2H3. The molecule has 1 aliphatic carbocycles. The summed E-state index contributed by atoms with van der Waals surface area (Å²) in [7, 11) is 0. The number of rotatable bonds is 5. The summed E-state index contributed by atoms with van der Waals surface area (Å²) in [6, 6.07) is 4.44. The van der Waals surface area contributed by atoms with E-state index in [9.17, 15) is 0 Å². The van der Waals surface area contributed by atoms with Crippen molar-refractivity contribution in [3.63, 3.8) is 0 Å². The molecule has 1 nitrogen and oxygen atoms in total. The first-order chi connectivity index (χ1) is 8.79. The Kier molecular flexibility index (Phi) is 5.22. The van der Waals surface area contributed by atoms with E-state index in [4.69, 9.17) is 0 Å². The van der Waals surface area contributed by atoms with E-state index < -0.39 is 0 Å². The highest BCUT2D eigenvalue weighted by Gasteiger charge is 2.21. The molecule has 0 aromatic carbocycles. The molecule has 0 atom stereocenters. The van der Waals surface area contributed by atoms with Crippen LogP contribution in [0.4, 0.5) is 0 Å². The Balaban J connectivity index is 1.77. The van der Waals surface area contributed by atoms with Crippen molar-refractivity contribution in [2.24, 2.45) is 5.92 Å². The van der Waals surface area contributed by atoms with Gasteiger partial charge in [-0.05, 0) is 56.1 Å². The Labute approximate surface area is 112 Å². The minimum atomic E-state index is 0.778. The first kappa shape index (κ1) is 13.6. The maximum atomic E-state index is 4.43. The fraction of sp³-hybridized carbons (Fsp3) is 0.706. The number of nitrogens with zero attached hydrogens (tertiary/aromatic N) is 1. The molecule has 0 N–H and O–H groups in total. The van der Waals surface area contributed by atoms with Gasteiger partial charge in [0.15, 0.2) is 0 Å². The van der Waals surface area contributed by atoms with Gasteiger partial charge in [0.1, 0.15) is 0 Å². The summed E-state index contributed by atoms with van der Waals surface area (Å²) in [5.41, 5.74) is 2.60. The van der Waals surface area contributed by atoms with Gasteiger partial charge in [-0.1, -0.05) is 38.7 Å². The van der Waals surface area contributed by atoms with Gasteiger partial charge in [-0.25, -0.2) is 0 Å². The largest absolute Gasteiger partial charge is 0.261 e. The Morgan fingerprint density at radius 1 is 1.11 bits per heavy atom. The summed E-state index contributed by atoms with van der Waals surface area (Å²) in [5.74, 6) is 1.78. The van der Waals surface area contributed by atoms with E-state index >= 15 is 0 Å². The fourth-order valence-corrected chi connectivity index (χ4v) is 3.19. The van der Waals surface area contributed by atoms with Crippen LogP contribution in [0.2, 0.25) is 0 Å². The second-order valence-corrected chi connectivity index (χ2v) is 5.95. The normalized spacial score (nSPS) is 24.1. The molecule has 1 heteroatoms. The van der Waals surface area contributed by atoms with Crippen LogP contribution < -0.4 is 0 Å². The van der Waals surface area contributed by atoms with E-state index in [0.29, 0.717) is 0 Å². The lowest BCUT2D eigenvalue weighted by molar-refractivity contribution is 0.302. The molecule has 1 aromatic rings. The Morgan fingerprint density at radius 2 is 1.89 bits per heavy atom. The molecule has 1 aromatic heterocycles. The highest BCUT2D eigenvalue weighted by molar-refractivity contribution is 5.18. The zero-order valence-corrected chi connectivity index (χ0v) is 12.0. The lowest BCUT2D eigenvalue weighted by atomic mass is 9.77. The number of hydrogen-bond acceptors (Lipinski definition) is 1. The molecule has 1 fully saturated rings. The molecule has 1 aliphatic rings. The van der Waals surface area contributed by atoms with Crippen LogP contribution in [0.1, 0.15) is 75.5 Å². The van der Waals surface area contributed by atoms with Crippen molar-refractivity contribution in [2.45, 2.75) is 71.1 Å². The Morgan fingerprint density at radius 3 is 2.50 bits per heavy atom. The van der Waals surface area contributed by atoms with E-state index in [-0.39, 0.29) is 0 Å². The molecule has 0 unspecified atom stereocenters. The lowest BCUT2D eigenvalue weighted by Gasteiger charge is -2.28. The third-order valence-electron chi connectivity index (χ3n) is 4.47. The summed E-state index contributed by atoms with van der Waals surface area (Å²) in [4.78, 5) is 4.43. The molecule has 1 saturated carbocycles. The van der Waals surface area contributed by atoms with Gasteiger partial charge in [0.25, 0.3) is 0 Å². The van der Waals surface area contributed by atoms with E-state index in [1.165, 1.54) is 56.9 Å². The monoisotopic (exact) mass is 245 g/mol. The van der Waals surface area contributed by atoms with Crippen molar-refractivity contribution >= 4 is 0 Å². The zero-order valence-electron chi connectivity index (χ0n) is 12.0. The highest BCUT2D eigenvalue weighted by atomic mass is 14.7. The molecule has 0 saturated heterocycles. The van der Waals surface area contributed by atoms with Crippen molar-refractivity contribution in [3.05, 3.63) is 29.6 Å². The number of aryl methyl sites for hydroxylation is 1. The predicted molar refractivity (Wildman–Crippen MR) is 77.8 cm³/mol. The van der Waals surface area contributed by atoms with Crippen LogP contribution in [0.15, 0.2) is 18.3 Å². The van der Waals surface area contributed by atoms with Crippen LogP contribution in [0.25, 0.3) is 0 Å². The van der Waals surface area contributed by atoms with Gasteiger partial charge < -0.3 is 0 Å². The van der Waals surface area contributed by atoms with Gasteiger partial charge in [0, 0.05) is 11.9 Å². The quantitative estimate of drug-likeness (QED) is 0.646. The van der Waals surface area contributed by atoms with Crippen LogP contribution >= 0.6 is 0 Å². The molecule has 18 heavy (non-hydrogen) atoms. The fourth-order valence-electron chi connectivity index (χ4n) is 3.19. The van der Waals surface area contributed by atoms with E-state index in [1.54, 1.807) is 0 Å². The van der Waals surface area contributed by atoms with Gasteiger partial charge in [0.2, 0.25) is 0 Å². The van der Waals surface area contributed by atoms with E-state index in [1.807, 2.05) is 0 Å². The minimum absolute atomic E-state index is 0.778. The second kappa shape index (κ2) is 6.92. The maximum absolute atomic E-state index is 4.43. The average Bonchev–Trinajstić information content (AvgIpc) is 2.41. The number of aromatic nitrogens is 1. The van der Waals surface area contributed by atoms with Crippen molar-refractivity contribution < 1.29 is 0 Å². The summed E-state index contributed by atoms with van der Waals surface area (Å²) < 4.78 is 0. The molecule has 100 valence electrons. The van der Waals surface area contributed by atoms with Crippen LogP contribution in [0.3, 0.4) is 0 Å². The molecular weight excluding hydrogens is 218 g/mol. The van der Waals surface area contributed by atoms with E-state index in [2.05, 4.69) is 37.2 Å². The maximum Gasteiger partial charge on any atom is 0.0372 e. The number of unbranched alkanes of at least 4 members (excludes halogenated alkanes) is 2. The van der Waals surface area contributed by atoms with Gasteiger partial charge in [0.05, 0.1) is 0 Å². The molecule has 0 spiro atoms. The summed E-state index contributed by atoms with van der Waals surface area (Å²) in [6.45, 7) is 4.36. The van der Waals surface area contributed by atoms with Crippen LogP contribution in [0, 0.1) is 12.8 Å². The van der Waals surface area contributed by atoms with Crippen molar-refractivity contribution in [3.8, 4) is 0 Å². The van der Waals surface area contributed by atoms with Gasteiger partial charge in [-0.3, -0.25) is 4.98 Å². The van der Waals surface area contributed by atoms with Crippen molar-refractivity contribution in [1.82, 2.24) is 4.98 Å². The SMILES string of the molecule is CCCCCC1CCC(c2ccc(C)nc2)CC1. The third kappa shape index (κ3) is 3.83. The molecule has 1 heterocycles. The first-order valence-corrected chi connectivity index (χ1v) is 7.72. The predicted octanol–water partition coefficient (Wildman–Crippen LogP) is 5.24. The van der Waals surface area contributed by atoms with Crippen LogP contribution in [0.5, 0.6) is 0 Å². The first-order valence-electron chi connectivity index (χ1n) is 7.72. The van der Waals surface area contributed by atoms with Crippen molar-refractivity contribution in [1.29, 1.82) is 0 Å². The third-order valence-corrected chi connectivity index (χ3v) is 4.47. The summed E-state index contributed by atoms with van der Waals surface area (Å²) in [6.07, 6.45) is 13.4. The summed E-state index contributed by atoms with van der Waals surface area (Å²) >= 11 is 0. The number of pyridine rings is 1. The van der Waals surface area contributed by atoms with Crippen LogP contribution in [-0.4, -0.2) is 4.98 Å². The average molecular weight is 245 g/mol. The lowest BCUT2D eigenvalue weighted by Crippen LogP contribution is -2.13. The van der Waals surface area contributed by atoms with Gasteiger partial charge in [-0.2, -0.15) is 0 Å². The summed E-state index contributed by atoms with van der Waals surface area (Å²) in [5, 5.41) is 0. The van der Waals surface area contributed by atoms with Gasteiger partial charge in [-0.15, -0.1) is 0 Å². The topological polar surface area (TPSA) is 12.9 Å². The van der Waals surface area contributed by atoms with Gasteiger partial charge >= 0.3 is 0 Å². The Bertz CT molecular complexity index is 333.